The van der Waals surface area contributed by atoms with Gasteiger partial charge >= 0.3 is 12.3 Å². The molecule has 14 heteroatoms. The first-order valence-electron chi connectivity index (χ1n) is 13.2. The van der Waals surface area contributed by atoms with Gasteiger partial charge in [0.2, 0.25) is 16.4 Å². The molecule has 1 aliphatic heterocycles. The van der Waals surface area contributed by atoms with Crippen molar-refractivity contribution in [3.63, 3.8) is 0 Å². The van der Waals surface area contributed by atoms with Gasteiger partial charge in [0, 0.05) is 35.4 Å². The van der Waals surface area contributed by atoms with Crippen molar-refractivity contribution >= 4 is 39.4 Å². The molecule has 1 aliphatic carbocycles. The molecule has 1 N–H and O–H groups in total. The van der Waals surface area contributed by atoms with E-state index in [2.05, 4.69) is 31.3 Å². The fourth-order valence-corrected chi connectivity index (χ4v) is 6.09. The lowest BCUT2D eigenvalue weighted by Gasteiger charge is -2.39. The molecule has 2 amide bonds. The highest BCUT2D eigenvalue weighted by atomic mass is 79.9. The summed E-state index contributed by atoms with van der Waals surface area (Å²) in [5, 5.41) is 6.91. The number of ether oxygens (including phenoxy) is 1. The third-order valence-corrected chi connectivity index (χ3v) is 8.03. The van der Waals surface area contributed by atoms with E-state index in [4.69, 9.17) is 4.74 Å². The van der Waals surface area contributed by atoms with Crippen LogP contribution in [0.1, 0.15) is 62.4 Å². The van der Waals surface area contributed by atoms with Gasteiger partial charge in [0.05, 0.1) is 5.56 Å². The predicted octanol–water partition coefficient (Wildman–Crippen LogP) is 4.83. The average Bonchev–Trinajstić information content (AvgIpc) is 3.43. The highest BCUT2D eigenvalue weighted by Crippen LogP contribution is 2.45. The van der Waals surface area contributed by atoms with Crippen LogP contribution in [0, 0.1) is 6.92 Å². The third kappa shape index (κ3) is 5.57. The normalized spacial score (nSPS) is 16.7. The van der Waals surface area contributed by atoms with E-state index in [9.17, 15) is 27.6 Å². The van der Waals surface area contributed by atoms with Gasteiger partial charge in [-0.1, -0.05) is 0 Å². The number of carbonyl (C=O) groups excluding carboxylic acids is 2. The van der Waals surface area contributed by atoms with Gasteiger partial charge in [0.1, 0.15) is 12.1 Å². The maximum atomic E-state index is 13.7. The number of benzene rings is 1. The van der Waals surface area contributed by atoms with Crippen LogP contribution < -0.4 is 10.9 Å². The van der Waals surface area contributed by atoms with Gasteiger partial charge in [0.15, 0.2) is 0 Å². The van der Waals surface area contributed by atoms with E-state index >= 15 is 0 Å². The minimum absolute atomic E-state index is 0.180. The van der Waals surface area contributed by atoms with Crippen molar-refractivity contribution in [3.8, 4) is 0 Å². The number of nitrogens with zero attached hydrogens (tertiary/aromatic N) is 5. The summed E-state index contributed by atoms with van der Waals surface area (Å²) in [5.41, 5.74) is -0.478. The first kappa shape index (κ1) is 29.1. The number of hydrogen-bond acceptors (Lipinski definition) is 6. The number of likely N-dealkylation sites (tertiary alicyclic amines) is 1. The number of aromatic nitrogens is 4. The van der Waals surface area contributed by atoms with Crippen molar-refractivity contribution in [2.24, 2.45) is 0 Å². The van der Waals surface area contributed by atoms with Gasteiger partial charge in [-0.3, -0.25) is 9.59 Å². The van der Waals surface area contributed by atoms with Gasteiger partial charge in [-0.25, -0.2) is 4.79 Å². The molecule has 1 spiro atoms. The number of nitrogens with one attached hydrogen (secondary N) is 1. The summed E-state index contributed by atoms with van der Waals surface area (Å²) < 4.78 is 47.8. The highest BCUT2D eigenvalue weighted by molar-refractivity contribution is 9.10. The fourth-order valence-electron chi connectivity index (χ4n) is 5.77. The summed E-state index contributed by atoms with van der Waals surface area (Å²) in [5.74, 6) is -0.302. The largest absolute Gasteiger partial charge is 0.444 e. The van der Waals surface area contributed by atoms with Crippen LogP contribution >= 0.6 is 15.9 Å². The van der Waals surface area contributed by atoms with Crippen molar-refractivity contribution in [2.45, 2.75) is 77.1 Å². The number of aryl methyl sites for hydroxylation is 1. The van der Waals surface area contributed by atoms with Crippen LogP contribution in [0.4, 0.5) is 23.7 Å². The summed E-state index contributed by atoms with van der Waals surface area (Å²) in [7, 11) is 0. The van der Waals surface area contributed by atoms with E-state index in [0.29, 0.717) is 50.0 Å². The molecule has 2 aliphatic rings. The van der Waals surface area contributed by atoms with E-state index in [-0.39, 0.29) is 33.9 Å². The summed E-state index contributed by atoms with van der Waals surface area (Å²) in [6, 6.07) is 3.12. The zero-order valence-electron chi connectivity index (χ0n) is 23.1. The number of amides is 2. The van der Waals surface area contributed by atoms with Crippen molar-refractivity contribution in [2.75, 3.05) is 18.4 Å². The van der Waals surface area contributed by atoms with E-state index in [1.807, 2.05) is 20.8 Å². The molecule has 1 saturated heterocycles. The van der Waals surface area contributed by atoms with Crippen LogP contribution in [0.25, 0.3) is 5.78 Å². The first-order chi connectivity index (χ1) is 19.1. The molecule has 3 heterocycles. The lowest BCUT2D eigenvalue weighted by Crippen LogP contribution is -2.47. The summed E-state index contributed by atoms with van der Waals surface area (Å²) in [6.07, 6.45) is -2.61. The van der Waals surface area contributed by atoms with E-state index < -0.39 is 34.8 Å². The Hall–Kier alpha value is -3.42. The summed E-state index contributed by atoms with van der Waals surface area (Å²) in [6.45, 7) is 7.52. The Kier molecular flexibility index (Phi) is 7.19. The summed E-state index contributed by atoms with van der Waals surface area (Å²) >= 11 is 3.22. The van der Waals surface area contributed by atoms with Crippen LogP contribution in [0.15, 0.2) is 27.7 Å². The van der Waals surface area contributed by atoms with Crippen LogP contribution in [-0.4, -0.2) is 54.8 Å². The molecule has 10 nitrogen and oxygen atoms in total. The zero-order chi connectivity index (χ0) is 29.9. The number of piperidine rings is 1. The van der Waals surface area contributed by atoms with Crippen LogP contribution in [-0.2, 0) is 34.1 Å². The molecule has 0 unspecified atom stereocenters. The smallest absolute Gasteiger partial charge is 0.416 e. The number of hydrogen-bond donors (Lipinski definition) is 1. The molecule has 220 valence electrons. The second-order valence-electron chi connectivity index (χ2n) is 11.6. The molecular weight excluding hydrogens is 609 g/mol. The number of halogens is 4. The number of fused-ring (bicyclic) bond motifs is 3. The second-order valence-corrected chi connectivity index (χ2v) is 12.3. The maximum absolute atomic E-state index is 13.7. The van der Waals surface area contributed by atoms with E-state index in [0.717, 1.165) is 12.1 Å². The van der Waals surface area contributed by atoms with Crippen LogP contribution in [0.3, 0.4) is 0 Å². The van der Waals surface area contributed by atoms with E-state index in [1.165, 1.54) is 17.5 Å². The Bertz CT molecular complexity index is 1600. The van der Waals surface area contributed by atoms with Crippen molar-refractivity contribution < 1.29 is 27.5 Å². The monoisotopic (exact) mass is 638 g/mol. The Balaban J connectivity index is 1.44. The molecule has 41 heavy (non-hydrogen) atoms. The van der Waals surface area contributed by atoms with E-state index in [1.54, 1.807) is 9.47 Å². The molecule has 0 radical (unpaired) electrons. The topological polar surface area (TPSA) is 111 Å². The number of carbonyl (C=O) groups is 2. The van der Waals surface area contributed by atoms with Gasteiger partial charge in [-0.15, -0.1) is 5.10 Å². The maximum Gasteiger partial charge on any atom is 0.416 e. The van der Waals surface area contributed by atoms with Crippen LogP contribution in [0.2, 0.25) is 0 Å². The molecule has 3 aromatic rings. The zero-order valence-corrected chi connectivity index (χ0v) is 24.6. The SMILES string of the molecule is Cc1cc(C(F)(F)F)ccc1NC(=O)Cn1c2c(c(=O)n3nc(Br)nc13)C1(CC2)CCN(C(=O)OC(C)(C)C)CC1. The number of anilines is 1. The molecule has 1 aromatic carbocycles. The van der Waals surface area contributed by atoms with Gasteiger partial charge in [0.25, 0.3) is 5.56 Å². The molecule has 5 rings (SSSR count). The number of rotatable bonds is 3. The standard InChI is InChI=1S/C27H30BrF3N6O4/c1-15-13-16(27(29,30)31)5-6-17(15)32-19(38)14-36-18-7-8-26(20(18)21(39)37-23(36)33-22(28)34-37)9-11-35(12-10-26)24(40)41-25(2,3)4/h5-6,13H,7-12,14H2,1-4H3,(H,32,38). The molecular formula is C27H30BrF3N6O4. The minimum atomic E-state index is -4.49. The predicted molar refractivity (Wildman–Crippen MR) is 147 cm³/mol. The van der Waals surface area contributed by atoms with Crippen molar-refractivity contribution in [3.05, 3.63) is 55.7 Å². The number of alkyl halides is 3. The van der Waals surface area contributed by atoms with Crippen molar-refractivity contribution in [1.82, 2.24) is 24.1 Å². The van der Waals surface area contributed by atoms with Gasteiger partial charge in [-0.05, 0) is 93.1 Å². The Morgan fingerprint density at radius 3 is 2.44 bits per heavy atom. The first-order valence-corrected chi connectivity index (χ1v) is 14.0. The molecule has 0 saturated carbocycles. The Morgan fingerprint density at radius 2 is 1.83 bits per heavy atom. The fraction of sp³-hybridized carbons (Fsp3) is 0.519. The average molecular weight is 639 g/mol. The Labute approximate surface area is 242 Å². The Morgan fingerprint density at radius 1 is 1.15 bits per heavy atom. The lowest BCUT2D eigenvalue weighted by atomic mass is 9.74. The molecule has 2 aromatic heterocycles. The van der Waals surface area contributed by atoms with Crippen molar-refractivity contribution in [1.29, 1.82) is 0 Å². The molecule has 0 atom stereocenters. The quantitative estimate of drug-likeness (QED) is 0.440. The van der Waals surface area contributed by atoms with Gasteiger partial charge in [-0.2, -0.15) is 22.7 Å². The minimum Gasteiger partial charge on any atom is -0.444 e. The summed E-state index contributed by atoms with van der Waals surface area (Å²) in [4.78, 5) is 45.5. The second kappa shape index (κ2) is 10.1. The molecule has 0 bridgehead atoms. The van der Waals surface area contributed by atoms with Gasteiger partial charge < -0.3 is 19.5 Å². The third-order valence-electron chi connectivity index (χ3n) is 7.70. The molecule has 1 fully saturated rings. The lowest BCUT2D eigenvalue weighted by molar-refractivity contribution is -0.137. The van der Waals surface area contributed by atoms with Crippen LogP contribution in [0.5, 0.6) is 0 Å². The highest BCUT2D eigenvalue weighted by Gasteiger charge is 2.46.